The Labute approximate surface area is 193 Å². The third-order valence-electron chi connectivity index (χ3n) is 5.56. The van der Waals surface area contributed by atoms with Crippen molar-refractivity contribution in [2.24, 2.45) is 5.10 Å². The Morgan fingerprint density at radius 1 is 0.970 bits per heavy atom. The number of esters is 1. The van der Waals surface area contributed by atoms with Gasteiger partial charge in [0.25, 0.3) is 5.91 Å². The van der Waals surface area contributed by atoms with Gasteiger partial charge in [-0.25, -0.2) is 9.80 Å². The van der Waals surface area contributed by atoms with Crippen LogP contribution in [0.1, 0.15) is 45.1 Å². The summed E-state index contributed by atoms with van der Waals surface area (Å²) in [4.78, 5) is 25.6. The molecule has 0 N–H and O–H groups in total. The van der Waals surface area contributed by atoms with E-state index in [1.54, 1.807) is 19.2 Å². The molecule has 33 heavy (non-hydrogen) atoms. The van der Waals surface area contributed by atoms with Gasteiger partial charge in [-0.3, -0.25) is 4.79 Å². The number of aryl methyl sites for hydroxylation is 2. The van der Waals surface area contributed by atoms with Crippen molar-refractivity contribution < 1.29 is 19.1 Å². The maximum atomic E-state index is 13.1. The summed E-state index contributed by atoms with van der Waals surface area (Å²) in [7, 11) is 1.61. The van der Waals surface area contributed by atoms with Crippen LogP contribution >= 0.6 is 0 Å². The van der Waals surface area contributed by atoms with Crippen LogP contribution in [0, 0.1) is 13.8 Å². The van der Waals surface area contributed by atoms with Crippen LogP contribution in [0.5, 0.6) is 5.75 Å². The van der Waals surface area contributed by atoms with Crippen molar-refractivity contribution in [1.82, 2.24) is 5.01 Å². The summed E-state index contributed by atoms with van der Waals surface area (Å²) in [5, 5.41) is 6.04. The summed E-state index contributed by atoms with van der Waals surface area (Å²) in [6.45, 7) is 3.45. The zero-order valence-electron chi connectivity index (χ0n) is 18.9. The monoisotopic (exact) mass is 442 g/mol. The molecule has 0 bridgehead atoms. The van der Waals surface area contributed by atoms with Crippen molar-refractivity contribution in [3.05, 3.63) is 101 Å². The second kappa shape index (κ2) is 9.69. The number of nitrogens with zero attached hydrogens (tertiary/aromatic N) is 2. The molecule has 0 spiro atoms. The number of hydrazone groups is 1. The highest BCUT2D eigenvalue weighted by atomic mass is 16.5. The van der Waals surface area contributed by atoms with Gasteiger partial charge in [-0.1, -0.05) is 59.7 Å². The van der Waals surface area contributed by atoms with E-state index in [0.717, 1.165) is 33.7 Å². The lowest BCUT2D eigenvalue weighted by molar-refractivity contribution is -0.136. The van der Waals surface area contributed by atoms with Gasteiger partial charge in [0.15, 0.2) is 6.61 Å². The summed E-state index contributed by atoms with van der Waals surface area (Å²) in [6, 6.07) is 22.5. The van der Waals surface area contributed by atoms with E-state index in [2.05, 4.69) is 5.10 Å². The lowest BCUT2D eigenvalue weighted by Crippen LogP contribution is -2.31. The van der Waals surface area contributed by atoms with Crippen molar-refractivity contribution in [3.63, 3.8) is 0 Å². The molecule has 0 saturated heterocycles. The third-order valence-corrected chi connectivity index (χ3v) is 5.56. The first-order valence-electron chi connectivity index (χ1n) is 10.8. The molecule has 6 nitrogen and oxygen atoms in total. The van der Waals surface area contributed by atoms with Gasteiger partial charge in [0.2, 0.25) is 0 Å². The van der Waals surface area contributed by atoms with E-state index in [-0.39, 0.29) is 18.6 Å². The summed E-state index contributed by atoms with van der Waals surface area (Å²) < 4.78 is 10.6. The first-order valence-corrected chi connectivity index (χ1v) is 10.8. The first-order chi connectivity index (χ1) is 15.9. The predicted octanol–water partition coefficient (Wildman–Crippen LogP) is 4.85. The lowest BCUT2D eigenvalue weighted by Gasteiger charge is -2.22. The summed E-state index contributed by atoms with van der Waals surface area (Å²) in [6.07, 6.45) is 0.563. The topological polar surface area (TPSA) is 68.2 Å². The normalized spacial score (nSPS) is 15.2. The van der Waals surface area contributed by atoms with Gasteiger partial charge in [-0.15, -0.1) is 0 Å². The summed E-state index contributed by atoms with van der Waals surface area (Å²) in [5.41, 5.74) is 5.05. The number of hydrogen-bond donors (Lipinski definition) is 0. The first kappa shape index (κ1) is 22.3. The lowest BCUT2D eigenvalue weighted by atomic mass is 9.98. The second-order valence-electron chi connectivity index (χ2n) is 8.10. The Balaban J connectivity index is 1.54. The van der Waals surface area contributed by atoms with E-state index in [1.165, 1.54) is 5.01 Å². The van der Waals surface area contributed by atoms with Crippen LogP contribution in [-0.4, -0.2) is 36.3 Å². The zero-order chi connectivity index (χ0) is 23.4. The van der Waals surface area contributed by atoms with Gasteiger partial charge in [-0.2, -0.15) is 5.10 Å². The number of carbonyl (C=O) groups excluding carboxylic acids is 2. The zero-order valence-corrected chi connectivity index (χ0v) is 18.9. The number of benzene rings is 3. The molecule has 1 aliphatic rings. The molecule has 3 aromatic rings. The molecule has 1 amide bonds. The molecule has 1 unspecified atom stereocenters. The van der Waals surface area contributed by atoms with Gasteiger partial charge < -0.3 is 9.47 Å². The number of methoxy groups -OCH3 is 1. The van der Waals surface area contributed by atoms with Gasteiger partial charge in [-0.05, 0) is 49.2 Å². The molecule has 0 fully saturated rings. The Bertz CT molecular complexity index is 1170. The van der Waals surface area contributed by atoms with Crippen LogP contribution in [0.25, 0.3) is 0 Å². The van der Waals surface area contributed by atoms with E-state index in [4.69, 9.17) is 9.47 Å². The van der Waals surface area contributed by atoms with E-state index in [0.29, 0.717) is 12.0 Å². The van der Waals surface area contributed by atoms with E-state index >= 15 is 0 Å². The maximum Gasteiger partial charge on any atom is 0.338 e. The molecule has 0 aliphatic carbocycles. The molecule has 1 aliphatic heterocycles. The SMILES string of the molecule is COc1ccc(C2CC(c3ccccc3)=NN2C(=O)COC(=O)c2cc(C)cc(C)c2)cc1. The van der Waals surface area contributed by atoms with Crippen molar-refractivity contribution in [3.8, 4) is 5.75 Å². The molecule has 1 heterocycles. The average Bonchev–Trinajstić information content (AvgIpc) is 3.28. The van der Waals surface area contributed by atoms with Crippen molar-refractivity contribution in [2.45, 2.75) is 26.3 Å². The molecule has 4 rings (SSSR count). The van der Waals surface area contributed by atoms with Crippen molar-refractivity contribution >= 4 is 17.6 Å². The smallest absolute Gasteiger partial charge is 0.338 e. The van der Waals surface area contributed by atoms with Crippen LogP contribution in [-0.2, 0) is 9.53 Å². The largest absolute Gasteiger partial charge is 0.497 e. The number of carbonyl (C=O) groups is 2. The second-order valence-corrected chi connectivity index (χ2v) is 8.10. The van der Waals surface area contributed by atoms with Crippen molar-refractivity contribution in [1.29, 1.82) is 0 Å². The number of rotatable bonds is 6. The van der Waals surface area contributed by atoms with Gasteiger partial charge in [0, 0.05) is 6.42 Å². The minimum absolute atomic E-state index is 0.293. The molecule has 0 aromatic heterocycles. The fourth-order valence-electron chi connectivity index (χ4n) is 4.00. The number of ether oxygens (including phenoxy) is 2. The van der Waals surface area contributed by atoms with Gasteiger partial charge in [0.1, 0.15) is 5.75 Å². The Morgan fingerprint density at radius 3 is 2.27 bits per heavy atom. The number of amides is 1. The molecule has 168 valence electrons. The van der Waals surface area contributed by atoms with Crippen LogP contribution < -0.4 is 4.74 Å². The van der Waals surface area contributed by atoms with Crippen LogP contribution in [0.4, 0.5) is 0 Å². The van der Waals surface area contributed by atoms with Gasteiger partial charge >= 0.3 is 5.97 Å². The summed E-state index contributed by atoms with van der Waals surface area (Å²) in [5.74, 6) is -0.164. The average molecular weight is 443 g/mol. The maximum absolute atomic E-state index is 13.1. The highest BCUT2D eigenvalue weighted by Gasteiger charge is 2.33. The number of hydrogen-bond acceptors (Lipinski definition) is 5. The highest BCUT2D eigenvalue weighted by molar-refractivity contribution is 6.03. The fourth-order valence-corrected chi connectivity index (χ4v) is 4.00. The molecule has 0 radical (unpaired) electrons. The van der Waals surface area contributed by atoms with Crippen LogP contribution in [0.15, 0.2) is 77.9 Å². The predicted molar refractivity (Wildman–Crippen MR) is 126 cm³/mol. The standard InChI is InChI=1S/C27H26N2O4/c1-18-13-19(2)15-22(14-18)27(31)33-17-26(30)29-25(21-9-11-23(32-3)12-10-21)16-24(28-29)20-7-5-4-6-8-20/h4-15,25H,16-17H2,1-3H3. The minimum Gasteiger partial charge on any atom is -0.497 e. The van der Waals surface area contributed by atoms with Crippen LogP contribution in [0.2, 0.25) is 0 Å². The quantitative estimate of drug-likeness (QED) is 0.512. The highest BCUT2D eigenvalue weighted by Crippen LogP contribution is 2.33. The fraction of sp³-hybridized carbons (Fsp3) is 0.222. The van der Waals surface area contributed by atoms with E-state index < -0.39 is 5.97 Å². The molecule has 3 aromatic carbocycles. The Hall–Kier alpha value is -3.93. The summed E-state index contributed by atoms with van der Waals surface area (Å²) >= 11 is 0. The molecule has 6 heteroatoms. The Kier molecular flexibility index (Phi) is 6.54. The molecular weight excluding hydrogens is 416 g/mol. The molecule has 1 atom stereocenters. The van der Waals surface area contributed by atoms with Gasteiger partial charge in [0.05, 0.1) is 24.4 Å². The van der Waals surface area contributed by atoms with Crippen LogP contribution in [0.3, 0.4) is 0 Å². The molecular formula is C27H26N2O4. The Morgan fingerprint density at radius 2 is 1.64 bits per heavy atom. The van der Waals surface area contributed by atoms with E-state index in [9.17, 15) is 9.59 Å². The van der Waals surface area contributed by atoms with Crippen molar-refractivity contribution in [2.75, 3.05) is 13.7 Å². The minimum atomic E-state index is -0.525. The van der Waals surface area contributed by atoms with E-state index in [1.807, 2.05) is 74.5 Å². The molecule has 0 saturated carbocycles. The third kappa shape index (κ3) is 5.12.